The predicted molar refractivity (Wildman–Crippen MR) is 97.7 cm³/mol. The third-order valence-electron chi connectivity index (χ3n) is 4.19. The van der Waals surface area contributed by atoms with Crippen molar-refractivity contribution in [3.05, 3.63) is 77.9 Å². The van der Waals surface area contributed by atoms with E-state index in [-0.39, 0.29) is 5.91 Å². The Bertz CT molecular complexity index is 1010. The first-order valence-electron chi connectivity index (χ1n) is 8.42. The number of aromatic nitrogens is 5. The number of nitrogens with one attached hydrogen (secondary N) is 2. The van der Waals surface area contributed by atoms with Gasteiger partial charge in [-0.15, -0.1) is 5.10 Å². The van der Waals surface area contributed by atoms with Gasteiger partial charge in [0, 0.05) is 30.4 Å². The smallest absolute Gasteiger partial charge is 0.251 e. The van der Waals surface area contributed by atoms with Gasteiger partial charge in [0.2, 0.25) is 0 Å². The molecule has 0 unspecified atom stereocenters. The van der Waals surface area contributed by atoms with Gasteiger partial charge in [-0.1, -0.05) is 35.5 Å². The average molecular weight is 346 g/mol. The molecule has 0 saturated carbocycles. The Morgan fingerprint density at radius 2 is 2.04 bits per heavy atom. The van der Waals surface area contributed by atoms with E-state index in [9.17, 15) is 4.79 Å². The molecule has 7 nitrogen and oxygen atoms in total. The van der Waals surface area contributed by atoms with Gasteiger partial charge in [-0.25, -0.2) is 9.67 Å². The number of nitrogens with zero attached hydrogens (tertiary/aromatic N) is 4. The summed E-state index contributed by atoms with van der Waals surface area (Å²) in [6.45, 7) is 1.19. The molecule has 4 aromatic rings. The van der Waals surface area contributed by atoms with E-state index in [0.29, 0.717) is 30.6 Å². The molecule has 2 aromatic heterocycles. The molecule has 0 bridgehead atoms. The first kappa shape index (κ1) is 16.0. The fraction of sp³-hybridized carbons (Fsp3) is 0.158. The molecule has 0 aliphatic carbocycles. The van der Waals surface area contributed by atoms with Crippen LogP contribution in [0.2, 0.25) is 0 Å². The van der Waals surface area contributed by atoms with Gasteiger partial charge >= 0.3 is 0 Å². The third-order valence-corrected chi connectivity index (χ3v) is 4.19. The van der Waals surface area contributed by atoms with Crippen LogP contribution in [0.5, 0.6) is 0 Å². The summed E-state index contributed by atoms with van der Waals surface area (Å²) in [5.74, 6) is -0.121. The van der Waals surface area contributed by atoms with Crippen LogP contribution in [-0.2, 0) is 13.0 Å². The van der Waals surface area contributed by atoms with E-state index in [2.05, 4.69) is 37.7 Å². The average Bonchev–Trinajstić information content (AvgIpc) is 3.32. The number of rotatable bonds is 6. The molecule has 0 aliphatic heterocycles. The molecule has 0 aliphatic rings. The summed E-state index contributed by atoms with van der Waals surface area (Å²) in [5.41, 5.74) is 4.34. The van der Waals surface area contributed by atoms with E-state index in [1.807, 2.05) is 28.9 Å². The van der Waals surface area contributed by atoms with Crippen LogP contribution in [0.15, 0.2) is 61.1 Å². The Kier molecular flexibility index (Phi) is 4.42. The number of benzene rings is 2. The van der Waals surface area contributed by atoms with Gasteiger partial charge in [-0.2, -0.15) is 0 Å². The fourth-order valence-corrected chi connectivity index (χ4v) is 2.82. The predicted octanol–water partition coefficient (Wildman–Crippen LogP) is 2.18. The molecule has 1 amide bonds. The monoisotopic (exact) mass is 346 g/mol. The molecule has 0 atom stereocenters. The molecule has 7 heteroatoms. The second kappa shape index (κ2) is 7.18. The highest BCUT2D eigenvalue weighted by atomic mass is 16.1. The number of fused-ring (bicyclic) bond motifs is 1. The second-order valence-corrected chi connectivity index (χ2v) is 6.02. The number of aromatic amines is 1. The molecule has 0 saturated heterocycles. The van der Waals surface area contributed by atoms with E-state index >= 15 is 0 Å². The Hall–Kier alpha value is -3.48. The molecule has 26 heavy (non-hydrogen) atoms. The van der Waals surface area contributed by atoms with Crippen molar-refractivity contribution >= 4 is 16.9 Å². The zero-order valence-electron chi connectivity index (χ0n) is 14.1. The van der Waals surface area contributed by atoms with Crippen LogP contribution >= 0.6 is 0 Å². The quantitative estimate of drug-likeness (QED) is 0.560. The Morgan fingerprint density at radius 1 is 1.15 bits per heavy atom. The Labute approximate surface area is 150 Å². The van der Waals surface area contributed by atoms with Crippen molar-refractivity contribution in [2.45, 2.75) is 13.0 Å². The van der Waals surface area contributed by atoms with E-state index in [1.54, 1.807) is 24.7 Å². The zero-order valence-corrected chi connectivity index (χ0v) is 14.1. The van der Waals surface area contributed by atoms with Crippen LogP contribution in [0, 0.1) is 0 Å². The highest BCUT2D eigenvalue weighted by Gasteiger charge is 2.10. The molecule has 0 fully saturated rings. The lowest BCUT2D eigenvalue weighted by atomic mass is 10.1. The summed E-state index contributed by atoms with van der Waals surface area (Å²) < 4.78 is 1.84. The highest BCUT2D eigenvalue weighted by Crippen LogP contribution is 2.15. The number of imidazole rings is 1. The molecule has 2 aromatic carbocycles. The van der Waals surface area contributed by atoms with Crippen molar-refractivity contribution in [1.29, 1.82) is 0 Å². The number of hydrogen-bond donors (Lipinski definition) is 2. The maximum atomic E-state index is 12.3. The van der Waals surface area contributed by atoms with Gasteiger partial charge in [0.25, 0.3) is 5.91 Å². The van der Waals surface area contributed by atoms with Gasteiger partial charge in [-0.05, 0) is 23.8 Å². The third kappa shape index (κ3) is 3.46. The number of amides is 1. The molecular weight excluding hydrogens is 328 g/mol. The van der Waals surface area contributed by atoms with Gasteiger partial charge in [-0.3, -0.25) is 4.79 Å². The maximum absolute atomic E-state index is 12.3. The molecule has 4 rings (SSSR count). The lowest BCUT2D eigenvalue weighted by molar-refractivity contribution is 0.0954. The first-order chi connectivity index (χ1) is 12.8. The van der Waals surface area contributed by atoms with Gasteiger partial charge in [0.15, 0.2) is 0 Å². The summed E-state index contributed by atoms with van der Waals surface area (Å²) in [7, 11) is 0. The van der Waals surface area contributed by atoms with Crippen LogP contribution in [0.25, 0.3) is 11.0 Å². The standard InChI is InChI=1S/C19H18N6O/c26-19(21-9-8-16-11-20-13-22-16)15-6-7-18-17(10-15)23-24-25(18)12-14-4-2-1-3-5-14/h1-7,10-11,13H,8-9,12H2,(H,20,22)(H,21,26). The summed E-state index contributed by atoms with van der Waals surface area (Å²) in [6, 6.07) is 15.6. The van der Waals surface area contributed by atoms with E-state index in [1.165, 1.54) is 0 Å². The largest absolute Gasteiger partial charge is 0.352 e. The van der Waals surface area contributed by atoms with Crippen LogP contribution in [0.3, 0.4) is 0 Å². The minimum atomic E-state index is -0.121. The summed E-state index contributed by atoms with van der Waals surface area (Å²) in [6.07, 6.45) is 4.09. The summed E-state index contributed by atoms with van der Waals surface area (Å²) in [4.78, 5) is 19.3. The molecule has 0 radical (unpaired) electrons. The van der Waals surface area contributed by atoms with Gasteiger partial charge in [0.05, 0.1) is 18.4 Å². The lowest BCUT2D eigenvalue weighted by Crippen LogP contribution is -2.25. The molecule has 2 N–H and O–H groups in total. The highest BCUT2D eigenvalue weighted by molar-refractivity contribution is 5.97. The lowest BCUT2D eigenvalue weighted by Gasteiger charge is -2.05. The van der Waals surface area contributed by atoms with Crippen molar-refractivity contribution in [2.75, 3.05) is 6.54 Å². The van der Waals surface area contributed by atoms with Crippen molar-refractivity contribution < 1.29 is 4.79 Å². The van der Waals surface area contributed by atoms with Crippen LogP contribution in [0.4, 0.5) is 0 Å². The molecule has 2 heterocycles. The second-order valence-electron chi connectivity index (χ2n) is 6.02. The number of carbonyl (C=O) groups is 1. The fourth-order valence-electron chi connectivity index (χ4n) is 2.82. The normalized spacial score (nSPS) is 10.9. The Balaban J connectivity index is 1.45. The van der Waals surface area contributed by atoms with Crippen LogP contribution in [-0.4, -0.2) is 37.4 Å². The SMILES string of the molecule is O=C(NCCc1cnc[nH]1)c1ccc2c(c1)nnn2Cc1ccccc1. The first-order valence-corrected chi connectivity index (χ1v) is 8.42. The van der Waals surface area contributed by atoms with Gasteiger partial charge < -0.3 is 10.3 Å². The van der Waals surface area contributed by atoms with Crippen molar-refractivity contribution in [1.82, 2.24) is 30.3 Å². The van der Waals surface area contributed by atoms with E-state index in [0.717, 1.165) is 16.8 Å². The van der Waals surface area contributed by atoms with Gasteiger partial charge in [0.1, 0.15) is 5.52 Å². The topological polar surface area (TPSA) is 88.5 Å². The van der Waals surface area contributed by atoms with Crippen molar-refractivity contribution in [3.8, 4) is 0 Å². The maximum Gasteiger partial charge on any atom is 0.251 e. The van der Waals surface area contributed by atoms with Crippen LogP contribution in [0.1, 0.15) is 21.6 Å². The molecule has 130 valence electrons. The van der Waals surface area contributed by atoms with E-state index < -0.39 is 0 Å². The number of hydrogen-bond acceptors (Lipinski definition) is 4. The Morgan fingerprint density at radius 3 is 2.85 bits per heavy atom. The van der Waals surface area contributed by atoms with Crippen molar-refractivity contribution in [3.63, 3.8) is 0 Å². The summed E-state index contributed by atoms with van der Waals surface area (Å²) in [5, 5.41) is 11.3. The number of H-pyrrole nitrogens is 1. The zero-order chi connectivity index (χ0) is 17.8. The van der Waals surface area contributed by atoms with E-state index in [4.69, 9.17) is 0 Å². The van der Waals surface area contributed by atoms with Crippen LogP contribution < -0.4 is 5.32 Å². The van der Waals surface area contributed by atoms with Crippen molar-refractivity contribution in [2.24, 2.45) is 0 Å². The molecule has 0 spiro atoms. The summed E-state index contributed by atoms with van der Waals surface area (Å²) >= 11 is 0. The molecular formula is C19H18N6O. The minimum absolute atomic E-state index is 0.121. The number of carbonyl (C=O) groups excluding carboxylic acids is 1. The minimum Gasteiger partial charge on any atom is -0.352 e.